The first-order chi connectivity index (χ1) is 10.6. The van der Waals surface area contributed by atoms with E-state index in [1.54, 1.807) is 12.1 Å². The third kappa shape index (κ3) is 4.45. The summed E-state index contributed by atoms with van der Waals surface area (Å²) in [6.45, 7) is 0. The summed E-state index contributed by atoms with van der Waals surface area (Å²) in [5.74, 6) is 0.212. The first-order valence-electron chi connectivity index (χ1n) is 6.47. The van der Waals surface area contributed by atoms with Crippen LogP contribution < -0.4 is 21.1 Å². The lowest BCUT2D eigenvalue weighted by Gasteiger charge is -2.15. The Hall–Kier alpha value is -2.61. The molecule has 0 saturated carbocycles. The molecule has 2 rings (SSSR count). The first kappa shape index (κ1) is 15.8. The van der Waals surface area contributed by atoms with Crippen LogP contribution in [0.15, 0.2) is 35.8 Å². The number of primary amides is 1. The number of carbonyl (C=O) groups is 2. The predicted molar refractivity (Wildman–Crippen MR) is 83.8 cm³/mol. The molecule has 2 heterocycles. The van der Waals surface area contributed by atoms with Crippen LogP contribution in [0.4, 0.5) is 10.5 Å². The quantitative estimate of drug-likeness (QED) is 0.755. The van der Waals surface area contributed by atoms with Crippen molar-refractivity contribution in [3.63, 3.8) is 0 Å². The molecule has 7 nitrogen and oxygen atoms in total. The van der Waals surface area contributed by atoms with Crippen molar-refractivity contribution in [3.05, 3.63) is 40.7 Å². The van der Waals surface area contributed by atoms with E-state index in [1.165, 1.54) is 24.6 Å². The number of methoxy groups -OCH3 is 1. The van der Waals surface area contributed by atoms with Crippen molar-refractivity contribution in [2.75, 3.05) is 12.4 Å². The van der Waals surface area contributed by atoms with E-state index < -0.39 is 12.1 Å². The summed E-state index contributed by atoms with van der Waals surface area (Å²) < 4.78 is 4.95. The van der Waals surface area contributed by atoms with E-state index in [9.17, 15) is 9.59 Å². The monoisotopic (exact) mass is 320 g/mol. The number of hydrogen-bond donors (Lipinski definition) is 3. The second-order valence-corrected chi connectivity index (χ2v) is 5.40. The highest BCUT2D eigenvalue weighted by Gasteiger charge is 2.18. The number of amides is 3. The Labute approximate surface area is 131 Å². The molecule has 0 unspecified atom stereocenters. The molecule has 0 radical (unpaired) electrons. The molecular formula is C14H16N4O3S. The molecule has 0 aliphatic heterocycles. The highest BCUT2D eigenvalue weighted by atomic mass is 32.1. The highest BCUT2D eigenvalue weighted by molar-refractivity contribution is 7.10. The van der Waals surface area contributed by atoms with Gasteiger partial charge in [-0.1, -0.05) is 6.07 Å². The number of nitrogens with one attached hydrogen (secondary N) is 2. The van der Waals surface area contributed by atoms with Crippen LogP contribution >= 0.6 is 11.3 Å². The van der Waals surface area contributed by atoms with Crippen LogP contribution in [-0.2, 0) is 4.79 Å². The largest absolute Gasteiger partial charge is 0.481 e. The van der Waals surface area contributed by atoms with Crippen LogP contribution in [0.25, 0.3) is 0 Å². The molecule has 8 heteroatoms. The fourth-order valence-corrected chi connectivity index (χ4v) is 2.63. The molecule has 0 saturated heterocycles. The molecule has 0 aromatic carbocycles. The van der Waals surface area contributed by atoms with Crippen molar-refractivity contribution in [1.29, 1.82) is 0 Å². The summed E-state index contributed by atoms with van der Waals surface area (Å²) >= 11 is 1.45. The Morgan fingerprint density at radius 2 is 2.23 bits per heavy atom. The van der Waals surface area contributed by atoms with Crippen molar-refractivity contribution >= 4 is 29.0 Å². The van der Waals surface area contributed by atoms with Crippen LogP contribution in [0.1, 0.15) is 17.3 Å². The average Bonchev–Trinajstić information content (AvgIpc) is 3.01. The number of hydrogen-bond acceptors (Lipinski definition) is 5. The molecule has 0 aliphatic carbocycles. The van der Waals surface area contributed by atoms with E-state index in [4.69, 9.17) is 10.5 Å². The standard InChI is InChI=1S/C14H16N4O3S/c1-21-13-5-4-9(8-16-13)17-12(19)7-10(18-14(15)20)11-3-2-6-22-11/h2-6,8,10H,7H2,1H3,(H,17,19)(H3,15,18,20)/t10-/m0/s1. The van der Waals surface area contributed by atoms with Crippen molar-refractivity contribution < 1.29 is 14.3 Å². The predicted octanol–water partition coefficient (Wildman–Crippen LogP) is 1.89. The summed E-state index contributed by atoms with van der Waals surface area (Å²) in [6, 6.07) is 5.90. The minimum Gasteiger partial charge on any atom is -0.481 e. The normalized spacial score (nSPS) is 11.5. The zero-order valence-electron chi connectivity index (χ0n) is 11.9. The van der Waals surface area contributed by atoms with Crippen LogP contribution in [0.3, 0.4) is 0 Å². The van der Waals surface area contributed by atoms with Gasteiger partial charge in [-0.3, -0.25) is 4.79 Å². The summed E-state index contributed by atoms with van der Waals surface area (Å²) in [5.41, 5.74) is 5.71. The van der Waals surface area contributed by atoms with Gasteiger partial charge in [0, 0.05) is 10.9 Å². The van der Waals surface area contributed by atoms with Gasteiger partial charge in [-0.2, -0.15) is 0 Å². The number of carbonyl (C=O) groups excluding carboxylic acids is 2. The molecular weight excluding hydrogens is 304 g/mol. The molecule has 0 spiro atoms. The number of nitrogens with two attached hydrogens (primary N) is 1. The number of nitrogens with zero attached hydrogens (tertiary/aromatic N) is 1. The Kier molecular flexibility index (Phi) is 5.31. The van der Waals surface area contributed by atoms with Gasteiger partial charge in [0.15, 0.2) is 0 Å². The van der Waals surface area contributed by atoms with Crippen LogP contribution in [0.5, 0.6) is 5.88 Å². The Morgan fingerprint density at radius 3 is 2.77 bits per heavy atom. The molecule has 2 aromatic heterocycles. The minimum absolute atomic E-state index is 0.0789. The van der Waals surface area contributed by atoms with Gasteiger partial charge >= 0.3 is 6.03 Å². The molecule has 2 aromatic rings. The molecule has 1 atom stereocenters. The number of ether oxygens (including phenoxy) is 1. The van der Waals surface area contributed by atoms with Gasteiger partial charge < -0.3 is 21.1 Å². The minimum atomic E-state index is -0.669. The van der Waals surface area contributed by atoms with Gasteiger partial charge in [-0.15, -0.1) is 11.3 Å². The average molecular weight is 320 g/mol. The molecule has 22 heavy (non-hydrogen) atoms. The molecule has 116 valence electrons. The number of rotatable bonds is 6. The smallest absolute Gasteiger partial charge is 0.312 e. The Morgan fingerprint density at radius 1 is 1.41 bits per heavy atom. The van der Waals surface area contributed by atoms with E-state index in [0.717, 1.165) is 4.88 Å². The number of aromatic nitrogens is 1. The first-order valence-corrected chi connectivity index (χ1v) is 7.35. The van der Waals surface area contributed by atoms with E-state index in [2.05, 4.69) is 15.6 Å². The van der Waals surface area contributed by atoms with Crippen molar-refractivity contribution in [2.45, 2.75) is 12.5 Å². The van der Waals surface area contributed by atoms with Crippen LogP contribution in [0, 0.1) is 0 Å². The third-order valence-corrected chi connectivity index (χ3v) is 3.81. The molecule has 4 N–H and O–H groups in total. The van der Waals surface area contributed by atoms with Crippen molar-refractivity contribution in [3.8, 4) is 5.88 Å². The van der Waals surface area contributed by atoms with Gasteiger partial charge in [-0.25, -0.2) is 9.78 Å². The lowest BCUT2D eigenvalue weighted by atomic mass is 10.1. The maximum Gasteiger partial charge on any atom is 0.312 e. The Bertz CT molecular complexity index is 628. The third-order valence-electron chi connectivity index (χ3n) is 2.82. The summed E-state index contributed by atoms with van der Waals surface area (Å²) in [4.78, 5) is 28.0. The number of thiophene rings is 1. The second-order valence-electron chi connectivity index (χ2n) is 4.42. The van der Waals surface area contributed by atoms with Gasteiger partial charge in [0.1, 0.15) is 0 Å². The van der Waals surface area contributed by atoms with E-state index in [1.807, 2.05) is 17.5 Å². The lowest BCUT2D eigenvalue weighted by molar-refractivity contribution is -0.116. The zero-order chi connectivity index (χ0) is 15.9. The van der Waals surface area contributed by atoms with Gasteiger partial charge in [0.25, 0.3) is 0 Å². The van der Waals surface area contributed by atoms with E-state index in [0.29, 0.717) is 11.6 Å². The molecule has 3 amide bonds. The highest BCUT2D eigenvalue weighted by Crippen LogP contribution is 2.22. The summed E-state index contributed by atoms with van der Waals surface area (Å²) in [5, 5.41) is 7.16. The number of pyridine rings is 1. The molecule has 0 fully saturated rings. The van der Waals surface area contributed by atoms with Crippen molar-refractivity contribution in [2.24, 2.45) is 5.73 Å². The number of urea groups is 1. The van der Waals surface area contributed by atoms with E-state index in [-0.39, 0.29) is 12.3 Å². The maximum absolute atomic E-state index is 12.1. The van der Waals surface area contributed by atoms with Crippen LogP contribution in [0.2, 0.25) is 0 Å². The van der Waals surface area contributed by atoms with Crippen LogP contribution in [-0.4, -0.2) is 24.0 Å². The summed E-state index contributed by atoms with van der Waals surface area (Å²) in [6.07, 6.45) is 1.58. The number of anilines is 1. The molecule has 0 bridgehead atoms. The van der Waals surface area contributed by atoms with Gasteiger partial charge in [0.2, 0.25) is 11.8 Å². The van der Waals surface area contributed by atoms with Gasteiger partial charge in [0.05, 0.1) is 31.5 Å². The fourth-order valence-electron chi connectivity index (χ4n) is 1.86. The lowest BCUT2D eigenvalue weighted by Crippen LogP contribution is -2.34. The fraction of sp³-hybridized carbons (Fsp3) is 0.214. The molecule has 0 aliphatic rings. The second kappa shape index (κ2) is 7.41. The summed E-state index contributed by atoms with van der Waals surface area (Å²) in [7, 11) is 1.52. The zero-order valence-corrected chi connectivity index (χ0v) is 12.7. The van der Waals surface area contributed by atoms with E-state index >= 15 is 0 Å². The van der Waals surface area contributed by atoms with Crippen molar-refractivity contribution in [1.82, 2.24) is 10.3 Å². The topological polar surface area (TPSA) is 106 Å². The maximum atomic E-state index is 12.1. The SMILES string of the molecule is COc1ccc(NC(=O)C[C@H](NC(N)=O)c2cccs2)cn1. The van der Waals surface area contributed by atoms with Gasteiger partial charge in [-0.05, 0) is 17.5 Å². The Balaban J connectivity index is 1.99.